The second-order valence-corrected chi connectivity index (χ2v) is 5.10. The molecule has 1 N–H and O–H groups in total. The van der Waals surface area contributed by atoms with E-state index in [0.29, 0.717) is 25.5 Å². The first kappa shape index (κ1) is 17.0. The SMILES string of the molecule is COCCCNC(=O)[C@H](C)n1cc(COc2ccccc2)nn1. The number of methoxy groups -OCH3 is 1. The summed E-state index contributed by atoms with van der Waals surface area (Å²) in [6.07, 6.45) is 2.50. The van der Waals surface area contributed by atoms with E-state index in [0.717, 1.165) is 12.2 Å². The van der Waals surface area contributed by atoms with Gasteiger partial charge in [0.1, 0.15) is 24.1 Å². The Morgan fingerprint density at radius 1 is 1.35 bits per heavy atom. The molecule has 1 aromatic heterocycles. The van der Waals surface area contributed by atoms with Gasteiger partial charge in [-0.25, -0.2) is 4.68 Å². The minimum Gasteiger partial charge on any atom is -0.487 e. The molecule has 2 rings (SSSR count). The van der Waals surface area contributed by atoms with E-state index in [9.17, 15) is 4.79 Å². The number of benzene rings is 1. The number of rotatable bonds is 9. The maximum Gasteiger partial charge on any atom is 0.244 e. The summed E-state index contributed by atoms with van der Waals surface area (Å²) in [6, 6.07) is 9.07. The lowest BCUT2D eigenvalue weighted by Gasteiger charge is -2.11. The Morgan fingerprint density at radius 2 is 2.13 bits per heavy atom. The third-order valence-corrected chi connectivity index (χ3v) is 3.29. The lowest BCUT2D eigenvalue weighted by molar-refractivity contribution is -0.124. The normalized spacial score (nSPS) is 11.9. The predicted octanol–water partition coefficient (Wildman–Crippen LogP) is 1.57. The lowest BCUT2D eigenvalue weighted by Crippen LogP contribution is -2.32. The van der Waals surface area contributed by atoms with Crippen LogP contribution in [0.1, 0.15) is 25.1 Å². The maximum absolute atomic E-state index is 12.0. The van der Waals surface area contributed by atoms with Gasteiger partial charge in [0.05, 0.1) is 6.20 Å². The molecule has 1 atom stereocenters. The molecule has 1 heterocycles. The van der Waals surface area contributed by atoms with E-state index >= 15 is 0 Å². The molecule has 1 aromatic carbocycles. The van der Waals surface area contributed by atoms with Crippen LogP contribution in [0.25, 0.3) is 0 Å². The molecular formula is C16H22N4O3. The van der Waals surface area contributed by atoms with Crippen LogP contribution in [0.3, 0.4) is 0 Å². The fourth-order valence-electron chi connectivity index (χ4n) is 1.94. The van der Waals surface area contributed by atoms with Crippen molar-refractivity contribution in [3.63, 3.8) is 0 Å². The molecule has 0 saturated heterocycles. The molecule has 0 spiro atoms. The van der Waals surface area contributed by atoms with Gasteiger partial charge in [-0.2, -0.15) is 0 Å². The van der Waals surface area contributed by atoms with Crippen LogP contribution in [0.15, 0.2) is 36.5 Å². The third-order valence-electron chi connectivity index (χ3n) is 3.29. The molecule has 0 aliphatic rings. The standard InChI is InChI=1S/C16H22N4O3/c1-13(16(21)17-9-6-10-22-2)20-11-14(18-19-20)12-23-15-7-4-3-5-8-15/h3-5,7-8,11,13H,6,9-10,12H2,1-2H3,(H,17,21)/t13-/m0/s1. The minimum atomic E-state index is -0.421. The van der Waals surface area contributed by atoms with Crippen LogP contribution in [-0.4, -0.2) is 41.2 Å². The van der Waals surface area contributed by atoms with Gasteiger partial charge in [0.25, 0.3) is 0 Å². The van der Waals surface area contributed by atoms with Gasteiger partial charge in [-0.3, -0.25) is 4.79 Å². The van der Waals surface area contributed by atoms with E-state index in [2.05, 4.69) is 15.6 Å². The zero-order chi connectivity index (χ0) is 16.5. The van der Waals surface area contributed by atoms with Gasteiger partial charge in [0.15, 0.2) is 0 Å². The Bertz CT molecular complexity index is 600. The smallest absolute Gasteiger partial charge is 0.244 e. The number of hydrogen-bond acceptors (Lipinski definition) is 5. The van der Waals surface area contributed by atoms with Gasteiger partial charge in [0.2, 0.25) is 5.91 Å². The van der Waals surface area contributed by atoms with Crippen LogP contribution in [0.4, 0.5) is 0 Å². The van der Waals surface area contributed by atoms with Gasteiger partial charge < -0.3 is 14.8 Å². The van der Waals surface area contributed by atoms with E-state index in [1.807, 2.05) is 30.3 Å². The van der Waals surface area contributed by atoms with Crippen molar-refractivity contribution in [1.82, 2.24) is 20.3 Å². The second-order valence-electron chi connectivity index (χ2n) is 5.10. The monoisotopic (exact) mass is 318 g/mol. The Balaban J connectivity index is 1.82. The molecule has 1 amide bonds. The zero-order valence-electron chi connectivity index (χ0n) is 13.4. The van der Waals surface area contributed by atoms with Crippen LogP contribution >= 0.6 is 0 Å². The predicted molar refractivity (Wildman–Crippen MR) is 85.0 cm³/mol. The number of carbonyl (C=O) groups excluding carboxylic acids is 1. The fourth-order valence-corrected chi connectivity index (χ4v) is 1.94. The van der Waals surface area contributed by atoms with Crippen molar-refractivity contribution in [3.8, 4) is 5.75 Å². The highest BCUT2D eigenvalue weighted by Crippen LogP contribution is 2.11. The highest BCUT2D eigenvalue weighted by atomic mass is 16.5. The van der Waals surface area contributed by atoms with E-state index in [1.165, 1.54) is 4.68 Å². The topological polar surface area (TPSA) is 78.3 Å². The van der Waals surface area contributed by atoms with Gasteiger partial charge in [0, 0.05) is 20.3 Å². The molecule has 7 heteroatoms. The quantitative estimate of drug-likeness (QED) is 0.710. The summed E-state index contributed by atoms with van der Waals surface area (Å²) in [5, 5.41) is 10.9. The highest BCUT2D eigenvalue weighted by molar-refractivity contribution is 5.79. The molecule has 0 unspecified atom stereocenters. The average Bonchev–Trinajstić information content (AvgIpc) is 3.06. The van der Waals surface area contributed by atoms with Crippen molar-refractivity contribution < 1.29 is 14.3 Å². The molecule has 7 nitrogen and oxygen atoms in total. The van der Waals surface area contributed by atoms with Crippen LogP contribution in [-0.2, 0) is 16.1 Å². The van der Waals surface area contributed by atoms with Crippen molar-refractivity contribution in [2.24, 2.45) is 0 Å². The zero-order valence-corrected chi connectivity index (χ0v) is 13.4. The molecule has 0 aliphatic heterocycles. The van der Waals surface area contributed by atoms with Crippen molar-refractivity contribution in [1.29, 1.82) is 0 Å². The molecule has 124 valence electrons. The summed E-state index contributed by atoms with van der Waals surface area (Å²) in [5.74, 6) is 0.674. The molecule has 0 fully saturated rings. The van der Waals surface area contributed by atoms with Crippen molar-refractivity contribution in [3.05, 3.63) is 42.2 Å². The summed E-state index contributed by atoms with van der Waals surface area (Å²) in [6.45, 7) is 3.29. The summed E-state index contributed by atoms with van der Waals surface area (Å²) >= 11 is 0. The summed E-state index contributed by atoms with van der Waals surface area (Å²) in [4.78, 5) is 12.0. The van der Waals surface area contributed by atoms with Gasteiger partial charge in [-0.1, -0.05) is 23.4 Å². The van der Waals surface area contributed by atoms with Crippen LogP contribution in [0.5, 0.6) is 5.75 Å². The van der Waals surface area contributed by atoms with E-state index < -0.39 is 6.04 Å². The Kier molecular flexibility index (Phi) is 6.56. The van der Waals surface area contributed by atoms with Crippen molar-refractivity contribution in [2.75, 3.05) is 20.3 Å². The lowest BCUT2D eigenvalue weighted by atomic mass is 10.3. The fraction of sp³-hybridized carbons (Fsp3) is 0.438. The van der Waals surface area contributed by atoms with Crippen LogP contribution in [0.2, 0.25) is 0 Å². The third kappa shape index (κ3) is 5.37. The number of aromatic nitrogens is 3. The van der Waals surface area contributed by atoms with E-state index in [4.69, 9.17) is 9.47 Å². The average molecular weight is 318 g/mol. The second kappa shape index (κ2) is 8.89. The summed E-state index contributed by atoms with van der Waals surface area (Å²) in [7, 11) is 1.64. The van der Waals surface area contributed by atoms with Crippen molar-refractivity contribution >= 4 is 5.91 Å². The number of amides is 1. The largest absolute Gasteiger partial charge is 0.487 e. The summed E-state index contributed by atoms with van der Waals surface area (Å²) in [5.41, 5.74) is 0.674. The van der Waals surface area contributed by atoms with Crippen molar-refractivity contribution in [2.45, 2.75) is 26.0 Å². The van der Waals surface area contributed by atoms with Gasteiger partial charge in [-0.05, 0) is 25.5 Å². The number of nitrogens with zero attached hydrogens (tertiary/aromatic N) is 3. The first-order valence-corrected chi connectivity index (χ1v) is 7.56. The molecule has 0 aliphatic carbocycles. The Morgan fingerprint density at radius 3 is 2.87 bits per heavy atom. The number of ether oxygens (including phenoxy) is 2. The molecule has 0 radical (unpaired) electrons. The van der Waals surface area contributed by atoms with Crippen LogP contribution in [0, 0.1) is 0 Å². The number of nitrogens with one attached hydrogen (secondary N) is 1. The van der Waals surface area contributed by atoms with E-state index in [-0.39, 0.29) is 5.91 Å². The highest BCUT2D eigenvalue weighted by Gasteiger charge is 2.16. The first-order chi connectivity index (χ1) is 11.2. The molecule has 23 heavy (non-hydrogen) atoms. The van der Waals surface area contributed by atoms with Gasteiger partial charge in [-0.15, -0.1) is 5.10 Å². The Hall–Kier alpha value is -2.41. The van der Waals surface area contributed by atoms with Crippen LogP contribution < -0.4 is 10.1 Å². The first-order valence-electron chi connectivity index (χ1n) is 7.56. The molecule has 0 saturated carbocycles. The number of para-hydroxylation sites is 1. The maximum atomic E-state index is 12.0. The minimum absolute atomic E-state index is 0.0958. The number of hydrogen-bond donors (Lipinski definition) is 1. The van der Waals surface area contributed by atoms with E-state index in [1.54, 1.807) is 20.2 Å². The molecule has 0 bridgehead atoms. The number of carbonyl (C=O) groups is 1. The molecule has 2 aromatic rings. The Labute approximate surface area is 135 Å². The summed E-state index contributed by atoms with van der Waals surface area (Å²) < 4.78 is 12.1. The van der Waals surface area contributed by atoms with Gasteiger partial charge >= 0.3 is 0 Å². The molecular weight excluding hydrogens is 296 g/mol.